The lowest BCUT2D eigenvalue weighted by Crippen LogP contribution is -2.48. The van der Waals surface area contributed by atoms with Crippen LogP contribution in [-0.2, 0) is 19.0 Å². The summed E-state index contributed by atoms with van der Waals surface area (Å²) in [5, 5.41) is 0. The van der Waals surface area contributed by atoms with Gasteiger partial charge in [-0.3, -0.25) is 19.3 Å². The number of hydrogen-bond acceptors (Lipinski definition) is 6. The minimum Gasteiger partial charge on any atom is -0.469 e. The molecule has 0 fully saturated rings. The molecule has 0 saturated carbocycles. The normalized spacial score (nSPS) is 15.0. The minimum atomic E-state index is -0.832. The maximum Gasteiger partial charge on any atom is 0.305 e. The second-order valence-electron chi connectivity index (χ2n) is 5.05. The van der Waals surface area contributed by atoms with Gasteiger partial charge < -0.3 is 14.2 Å². The summed E-state index contributed by atoms with van der Waals surface area (Å²) >= 11 is 0. The zero-order valence-electron chi connectivity index (χ0n) is 13.3. The highest BCUT2D eigenvalue weighted by Crippen LogP contribution is 2.28. The molecule has 2 amide bonds. The fourth-order valence-electron chi connectivity index (χ4n) is 2.67. The van der Waals surface area contributed by atoms with Gasteiger partial charge in [0.15, 0.2) is 6.29 Å². The Hall–Kier alpha value is -2.25. The molecule has 0 aromatic heterocycles. The van der Waals surface area contributed by atoms with Gasteiger partial charge >= 0.3 is 5.97 Å². The Kier molecular flexibility index (Phi) is 5.46. The number of rotatable bonds is 7. The molecule has 0 saturated heterocycles. The van der Waals surface area contributed by atoms with Gasteiger partial charge in [0.2, 0.25) is 0 Å². The summed E-state index contributed by atoms with van der Waals surface area (Å²) in [4.78, 5) is 37.7. The number of carbonyl (C=O) groups is 3. The number of amides is 2. The van der Waals surface area contributed by atoms with Crippen molar-refractivity contribution < 1.29 is 28.6 Å². The van der Waals surface area contributed by atoms with Crippen LogP contribution < -0.4 is 0 Å². The van der Waals surface area contributed by atoms with Crippen molar-refractivity contribution in [3.63, 3.8) is 0 Å². The molecule has 1 aromatic carbocycles. The molecule has 7 nitrogen and oxygen atoms in total. The van der Waals surface area contributed by atoms with E-state index in [4.69, 9.17) is 9.47 Å². The van der Waals surface area contributed by atoms with E-state index >= 15 is 0 Å². The van der Waals surface area contributed by atoms with E-state index < -0.39 is 30.1 Å². The molecule has 124 valence electrons. The molecule has 1 aliphatic rings. The van der Waals surface area contributed by atoms with E-state index in [1.165, 1.54) is 21.3 Å². The van der Waals surface area contributed by atoms with Crippen molar-refractivity contribution in [2.45, 2.75) is 25.2 Å². The number of benzene rings is 1. The van der Waals surface area contributed by atoms with Crippen LogP contribution in [0.1, 0.15) is 33.6 Å². The molecule has 0 N–H and O–H groups in total. The van der Waals surface area contributed by atoms with Crippen LogP contribution in [-0.4, -0.2) is 56.3 Å². The first-order valence-corrected chi connectivity index (χ1v) is 7.14. The van der Waals surface area contributed by atoms with Crippen LogP contribution in [0.2, 0.25) is 0 Å². The summed E-state index contributed by atoms with van der Waals surface area (Å²) in [5.74, 6) is -1.27. The van der Waals surface area contributed by atoms with Crippen molar-refractivity contribution in [2.24, 2.45) is 0 Å². The number of methoxy groups -OCH3 is 3. The molecule has 0 unspecified atom stereocenters. The first kappa shape index (κ1) is 17.1. The van der Waals surface area contributed by atoms with E-state index in [1.54, 1.807) is 24.3 Å². The standard InChI is InChI=1S/C16H19NO6/c1-21-13(18)9-8-12(16(22-2)23-3)17-14(19)10-6-4-5-7-11(10)15(17)20/h4-7,12,16H,8-9H2,1-3H3/t12-/m0/s1. The summed E-state index contributed by atoms with van der Waals surface area (Å²) in [6.45, 7) is 0. The Morgan fingerprint density at radius 3 is 2.00 bits per heavy atom. The predicted molar refractivity (Wildman–Crippen MR) is 79.8 cm³/mol. The summed E-state index contributed by atoms with van der Waals surface area (Å²) < 4.78 is 15.0. The maximum absolute atomic E-state index is 12.6. The average molecular weight is 321 g/mol. The van der Waals surface area contributed by atoms with Gasteiger partial charge in [-0.15, -0.1) is 0 Å². The number of esters is 1. The smallest absolute Gasteiger partial charge is 0.305 e. The second kappa shape index (κ2) is 7.34. The summed E-state index contributed by atoms with van der Waals surface area (Å²) in [7, 11) is 4.11. The molecule has 2 rings (SSSR count). The molecule has 0 radical (unpaired) electrons. The molecular formula is C16H19NO6. The third-order valence-corrected chi connectivity index (χ3v) is 3.81. The molecule has 0 bridgehead atoms. The number of imide groups is 1. The van der Waals surface area contributed by atoms with Crippen LogP contribution in [0.25, 0.3) is 0 Å². The first-order chi connectivity index (χ1) is 11.0. The zero-order chi connectivity index (χ0) is 17.0. The fraction of sp³-hybridized carbons (Fsp3) is 0.438. The lowest BCUT2D eigenvalue weighted by Gasteiger charge is -2.31. The van der Waals surface area contributed by atoms with Crippen LogP contribution in [0.5, 0.6) is 0 Å². The highest BCUT2D eigenvalue weighted by atomic mass is 16.7. The van der Waals surface area contributed by atoms with Crippen LogP contribution in [0, 0.1) is 0 Å². The summed E-state index contributed by atoms with van der Waals surface area (Å²) in [6.07, 6.45) is -0.607. The molecule has 0 spiro atoms. The first-order valence-electron chi connectivity index (χ1n) is 7.14. The summed E-state index contributed by atoms with van der Waals surface area (Å²) in [5.41, 5.74) is 0.679. The van der Waals surface area contributed by atoms with Crippen LogP contribution in [0.3, 0.4) is 0 Å². The van der Waals surface area contributed by atoms with Gasteiger partial charge in [-0.2, -0.15) is 0 Å². The molecule has 1 heterocycles. The lowest BCUT2D eigenvalue weighted by molar-refractivity contribution is -0.147. The largest absolute Gasteiger partial charge is 0.469 e. The Morgan fingerprint density at radius 2 is 1.57 bits per heavy atom. The monoisotopic (exact) mass is 321 g/mol. The van der Waals surface area contributed by atoms with Crippen LogP contribution in [0.4, 0.5) is 0 Å². The van der Waals surface area contributed by atoms with Gasteiger partial charge in [0, 0.05) is 20.6 Å². The van der Waals surface area contributed by atoms with Gasteiger partial charge in [-0.25, -0.2) is 0 Å². The van der Waals surface area contributed by atoms with E-state index in [0.29, 0.717) is 11.1 Å². The SMILES string of the molecule is COC(=O)CC[C@@H](C(OC)OC)N1C(=O)c2ccccc2C1=O. The summed E-state index contributed by atoms with van der Waals surface area (Å²) in [6, 6.07) is 5.86. The van der Waals surface area contributed by atoms with Crippen molar-refractivity contribution in [1.29, 1.82) is 0 Å². The number of fused-ring (bicyclic) bond motifs is 1. The number of nitrogens with zero attached hydrogens (tertiary/aromatic N) is 1. The van der Waals surface area contributed by atoms with E-state index in [-0.39, 0.29) is 12.8 Å². The number of ether oxygens (including phenoxy) is 3. The molecule has 1 atom stereocenters. The molecule has 23 heavy (non-hydrogen) atoms. The molecule has 1 aromatic rings. The fourth-order valence-corrected chi connectivity index (χ4v) is 2.67. The maximum atomic E-state index is 12.6. The van der Waals surface area contributed by atoms with E-state index in [9.17, 15) is 14.4 Å². The van der Waals surface area contributed by atoms with E-state index in [2.05, 4.69) is 4.74 Å². The highest BCUT2D eigenvalue weighted by molar-refractivity contribution is 6.21. The van der Waals surface area contributed by atoms with Crippen LogP contribution in [0.15, 0.2) is 24.3 Å². The van der Waals surface area contributed by atoms with Crippen molar-refractivity contribution in [3.05, 3.63) is 35.4 Å². The number of hydrogen-bond donors (Lipinski definition) is 0. The van der Waals surface area contributed by atoms with Gasteiger partial charge in [-0.1, -0.05) is 12.1 Å². The van der Waals surface area contributed by atoms with Crippen molar-refractivity contribution in [2.75, 3.05) is 21.3 Å². The second-order valence-corrected chi connectivity index (χ2v) is 5.05. The molecule has 1 aliphatic heterocycles. The highest BCUT2D eigenvalue weighted by Gasteiger charge is 2.43. The predicted octanol–water partition coefficient (Wildman–Crippen LogP) is 1.22. The van der Waals surface area contributed by atoms with E-state index in [1.807, 2.05) is 0 Å². The zero-order valence-corrected chi connectivity index (χ0v) is 13.3. The van der Waals surface area contributed by atoms with Crippen LogP contribution >= 0.6 is 0 Å². The van der Waals surface area contributed by atoms with E-state index in [0.717, 1.165) is 4.90 Å². The molecule has 7 heteroatoms. The Morgan fingerprint density at radius 1 is 1.04 bits per heavy atom. The Balaban J connectivity index is 2.30. The molecular weight excluding hydrogens is 302 g/mol. The third kappa shape index (κ3) is 3.25. The molecule has 0 aliphatic carbocycles. The Labute approximate surface area is 134 Å². The Bertz CT molecular complexity index is 575. The van der Waals surface area contributed by atoms with Crippen molar-refractivity contribution in [3.8, 4) is 0 Å². The third-order valence-electron chi connectivity index (χ3n) is 3.81. The van der Waals surface area contributed by atoms with Gasteiger partial charge in [-0.05, 0) is 18.6 Å². The number of carbonyl (C=O) groups excluding carboxylic acids is 3. The van der Waals surface area contributed by atoms with Crippen molar-refractivity contribution in [1.82, 2.24) is 4.90 Å². The lowest BCUT2D eigenvalue weighted by atomic mass is 10.1. The van der Waals surface area contributed by atoms with Gasteiger partial charge in [0.05, 0.1) is 24.3 Å². The average Bonchev–Trinajstić information content (AvgIpc) is 2.83. The van der Waals surface area contributed by atoms with Crippen molar-refractivity contribution >= 4 is 17.8 Å². The quantitative estimate of drug-likeness (QED) is 0.427. The topological polar surface area (TPSA) is 82.1 Å². The van der Waals surface area contributed by atoms with Gasteiger partial charge in [0.25, 0.3) is 11.8 Å². The minimum absolute atomic E-state index is 0.0395. The van der Waals surface area contributed by atoms with Gasteiger partial charge in [0.1, 0.15) is 0 Å².